The van der Waals surface area contributed by atoms with Crippen molar-refractivity contribution in [2.75, 3.05) is 39.8 Å². The van der Waals surface area contributed by atoms with Crippen LogP contribution in [0.25, 0.3) is 0 Å². The van der Waals surface area contributed by atoms with E-state index in [0.29, 0.717) is 12.1 Å². The Morgan fingerprint density at radius 2 is 1.67 bits per heavy atom. The molecule has 1 saturated heterocycles. The van der Waals surface area contributed by atoms with E-state index in [9.17, 15) is 15.0 Å². The molecule has 5 heteroatoms. The van der Waals surface area contributed by atoms with Gasteiger partial charge in [-0.05, 0) is 19.2 Å². The first kappa shape index (κ1) is 12.9. The molecular weight excluding hydrogens is 232 g/mol. The number of carbonyl (C=O) groups is 1. The van der Waals surface area contributed by atoms with E-state index in [0.717, 1.165) is 26.2 Å². The van der Waals surface area contributed by atoms with Crippen molar-refractivity contribution in [3.8, 4) is 11.5 Å². The maximum Gasteiger partial charge on any atom is 0.177 e. The van der Waals surface area contributed by atoms with E-state index in [1.54, 1.807) is 0 Å². The second-order valence-corrected chi connectivity index (χ2v) is 4.74. The van der Waals surface area contributed by atoms with Crippen LogP contribution in [0.3, 0.4) is 0 Å². The average Bonchev–Trinajstić information content (AvgIpc) is 2.31. The highest BCUT2D eigenvalue weighted by Crippen LogP contribution is 2.20. The Balaban J connectivity index is 1.99. The Morgan fingerprint density at radius 3 is 2.22 bits per heavy atom. The van der Waals surface area contributed by atoms with Crippen molar-refractivity contribution >= 4 is 5.78 Å². The van der Waals surface area contributed by atoms with Gasteiger partial charge in [-0.1, -0.05) is 0 Å². The van der Waals surface area contributed by atoms with Gasteiger partial charge in [0.05, 0.1) is 6.54 Å². The van der Waals surface area contributed by atoms with Crippen molar-refractivity contribution in [1.82, 2.24) is 9.80 Å². The van der Waals surface area contributed by atoms with Gasteiger partial charge in [0.2, 0.25) is 0 Å². The summed E-state index contributed by atoms with van der Waals surface area (Å²) in [7, 11) is 2.06. The van der Waals surface area contributed by atoms with Gasteiger partial charge in [0.15, 0.2) is 5.78 Å². The van der Waals surface area contributed by atoms with Gasteiger partial charge in [-0.25, -0.2) is 0 Å². The number of benzene rings is 1. The third-order valence-corrected chi connectivity index (χ3v) is 3.19. The molecule has 1 fully saturated rings. The van der Waals surface area contributed by atoms with Gasteiger partial charge < -0.3 is 15.1 Å². The molecule has 0 aromatic heterocycles. The Labute approximate surface area is 106 Å². The fourth-order valence-corrected chi connectivity index (χ4v) is 2.06. The number of phenolic OH excluding ortho intramolecular Hbond substituents is 2. The third kappa shape index (κ3) is 3.21. The van der Waals surface area contributed by atoms with Crippen LogP contribution in [0.1, 0.15) is 10.4 Å². The number of likely N-dealkylation sites (N-methyl/N-ethyl adjacent to an activating group) is 1. The molecule has 0 unspecified atom stereocenters. The molecule has 1 aromatic rings. The zero-order valence-electron chi connectivity index (χ0n) is 10.5. The number of hydrogen-bond donors (Lipinski definition) is 2. The van der Waals surface area contributed by atoms with Gasteiger partial charge in [-0.3, -0.25) is 9.69 Å². The quantitative estimate of drug-likeness (QED) is 0.766. The minimum absolute atomic E-state index is 0.0780. The predicted octanol–water partition coefficient (Wildman–Crippen LogP) is 0.528. The van der Waals surface area contributed by atoms with Gasteiger partial charge in [0.25, 0.3) is 0 Å². The maximum atomic E-state index is 12.0. The smallest absolute Gasteiger partial charge is 0.177 e. The van der Waals surface area contributed by atoms with Crippen molar-refractivity contribution in [2.24, 2.45) is 0 Å². The van der Waals surface area contributed by atoms with Crippen molar-refractivity contribution in [3.63, 3.8) is 0 Å². The minimum atomic E-state index is -0.0864. The lowest BCUT2D eigenvalue weighted by Crippen LogP contribution is -2.46. The highest BCUT2D eigenvalue weighted by Gasteiger charge is 2.18. The number of aromatic hydroxyl groups is 2. The molecular formula is C13H18N2O3. The normalized spacial score (nSPS) is 17.8. The molecule has 0 bridgehead atoms. The van der Waals surface area contributed by atoms with Crippen molar-refractivity contribution in [2.45, 2.75) is 0 Å². The molecule has 1 aliphatic heterocycles. The number of phenols is 2. The molecule has 0 aliphatic carbocycles. The zero-order chi connectivity index (χ0) is 13.1. The first-order valence-corrected chi connectivity index (χ1v) is 6.02. The Kier molecular flexibility index (Phi) is 3.84. The van der Waals surface area contributed by atoms with Gasteiger partial charge in [-0.15, -0.1) is 0 Å². The fraction of sp³-hybridized carbons (Fsp3) is 0.462. The van der Waals surface area contributed by atoms with E-state index in [2.05, 4.69) is 16.8 Å². The summed E-state index contributed by atoms with van der Waals surface area (Å²) >= 11 is 0. The Morgan fingerprint density at radius 1 is 1.11 bits per heavy atom. The predicted molar refractivity (Wildman–Crippen MR) is 68.0 cm³/mol. The fourth-order valence-electron chi connectivity index (χ4n) is 2.06. The Bertz CT molecular complexity index is 420. The number of rotatable bonds is 3. The molecule has 0 spiro atoms. The van der Waals surface area contributed by atoms with Crippen LogP contribution in [0.15, 0.2) is 18.2 Å². The standard InChI is InChI=1S/C13H18N2O3/c1-14-2-4-15(5-3-14)9-13(18)10-6-11(16)8-12(17)7-10/h6-8,16-17H,2-5,9H2,1H3. The summed E-state index contributed by atoms with van der Waals surface area (Å²) in [5, 5.41) is 18.7. The van der Waals surface area contributed by atoms with E-state index in [4.69, 9.17) is 0 Å². The number of piperazine rings is 1. The van der Waals surface area contributed by atoms with Gasteiger partial charge in [0, 0.05) is 37.8 Å². The van der Waals surface area contributed by atoms with Crippen LogP contribution in [0, 0.1) is 0 Å². The molecule has 1 aromatic carbocycles. The number of nitrogens with zero attached hydrogens (tertiary/aromatic N) is 2. The molecule has 5 nitrogen and oxygen atoms in total. The maximum absolute atomic E-state index is 12.0. The van der Waals surface area contributed by atoms with Crippen LogP contribution in [0.5, 0.6) is 11.5 Å². The molecule has 0 amide bonds. The summed E-state index contributed by atoms with van der Waals surface area (Å²) in [5.74, 6) is -0.251. The van der Waals surface area contributed by atoms with Crippen LogP contribution < -0.4 is 0 Å². The molecule has 1 aliphatic rings. The zero-order valence-corrected chi connectivity index (χ0v) is 10.5. The lowest BCUT2D eigenvalue weighted by Gasteiger charge is -2.31. The summed E-state index contributed by atoms with van der Waals surface area (Å²) in [6, 6.07) is 3.99. The van der Waals surface area contributed by atoms with Crippen molar-refractivity contribution < 1.29 is 15.0 Å². The summed E-state index contributed by atoms with van der Waals surface area (Å²) in [5.41, 5.74) is 0.353. The monoisotopic (exact) mass is 250 g/mol. The summed E-state index contributed by atoms with van der Waals surface area (Å²) in [6.07, 6.45) is 0. The first-order chi connectivity index (χ1) is 8.54. The molecule has 0 radical (unpaired) electrons. The lowest BCUT2D eigenvalue weighted by molar-refractivity contribution is 0.0875. The van der Waals surface area contributed by atoms with Gasteiger partial charge in [-0.2, -0.15) is 0 Å². The highest BCUT2D eigenvalue weighted by atomic mass is 16.3. The topological polar surface area (TPSA) is 64.0 Å². The number of carbonyl (C=O) groups excluding carboxylic acids is 1. The summed E-state index contributed by atoms with van der Waals surface area (Å²) < 4.78 is 0. The van der Waals surface area contributed by atoms with Gasteiger partial charge in [0.1, 0.15) is 11.5 Å². The van der Waals surface area contributed by atoms with Crippen molar-refractivity contribution in [1.29, 1.82) is 0 Å². The molecule has 0 saturated carbocycles. The average molecular weight is 250 g/mol. The summed E-state index contributed by atoms with van der Waals surface area (Å²) in [6.45, 7) is 3.98. The highest BCUT2D eigenvalue weighted by molar-refractivity contribution is 5.98. The van der Waals surface area contributed by atoms with Gasteiger partial charge >= 0.3 is 0 Å². The second-order valence-electron chi connectivity index (χ2n) is 4.74. The van der Waals surface area contributed by atoms with Crippen LogP contribution in [0.4, 0.5) is 0 Å². The van der Waals surface area contributed by atoms with Crippen molar-refractivity contribution in [3.05, 3.63) is 23.8 Å². The molecule has 2 N–H and O–H groups in total. The number of Topliss-reactive ketones (excluding diaryl/α,β-unsaturated/α-hetero) is 1. The minimum Gasteiger partial charge on any atom is -0.508 e. The van der Waals surface area contributed by atoms with Crippen LogP contribution in [0.2, 0.25) is 0 Å². The van der Waals surface area contributed by atoms with E-state index in [1.165, 1.54) is 18.2 Å². The first-order valence-electron chi connectivity index (χ1n) is 6.02. The second kappa shape index (κ2) is 5.37. The SMILES string of the molecule is CN1CCN(CC(=O)c2cc(O)cc(O)c2)CC1. The molecule has 2 rings (SSSR count). The van der Waals surface area contributed by atoms with E-state index in [-0.39, 0.29) is 17.3 Å². The van der Waals surface area contributed by atoms with Crippen LogP contribution in [-0.2, 0) is 0 Å². The van der Waals surface area contributed by atoms with Crippen LogP contribution in [-0.4, -0.2) is 65.6 Å². The number of ketones is 1. The van der Waals surface area contributed by atoms with E-state index >= 15 is 0 Å². The molecule has 0 atom stereocenters. The van der Waals surface area contributed by atoms with E-state index < -0.39 is 0 Å². The third-order valence-electron chi connectivity index (χ3n) is 3.19. The van der Waals surface area contributed by atoms with E-state index in [1.807, 2.05) is 0 Å². The van der Waals surface area contributed by atoms with Crippen LogP contribution >= 0.6 is 0 Å². The molecule has 18 heavy (non-hydrogen) atoms. The largest absolute Gasteiger partial charge is 0.508 e. The lowest BCUT2D eigenvalue weighted by atomic mass is 10.1. The Hall–Kier alpha value is -1.59. The summed E-state index contributed by atoms with van der Waals surface area (Å²) in [4.78, 5) is 16.3. The molecule has 1 heterocycles. The molecule has 98 valence electrons. The number of hydrogen-bond acceptors (Lipinski definition) is 5.